The van der Waals surface area contributed by atoms with Crippen molar-refractivity contribution in [2.24, 2.45) is 0 Å². The molecule has 160 valence electrons. The van der Waals surface area contributed by atoms with E-state index in [9.17, 15) is 19.2 Å². The number of aryl methyl sites for hydroxylation is 2. The number of carbonyl (C=O) groups is 4. The van der Waals surface area contributed by atoms with E-state index >= 15 is 0 Å². The van der Waals surface area contributed by atoms with E-state index in [1.165, 1.54) is 0 Å². The summed E-state index contributed by atoms with van der Waals surface area (Å²) in [7, 11) is 0. The third-order valence-electron chi connectivity index (χ3n) is 4.04. The van der Waals surface area contributed by atoms with E-state index in [2.05, 4.69) is 0 Å². The van der Waals surface area contributed by atoms with Crippen LogP contribution in [0.25, 0.3) is 0 Å². The summed E-state index contributed by atoms with van der Waals surface area (Å²) in [6, 6.07) is 10.6. The molecule has 8 nitrogen and oxygen atoms in total. The van der Waals surface area contributed by atoms with Crippen LogP contribution in [-0.2, 0) is 9.59 Å². The van der Waals surface area contributed by atoms with Crippen molar-refractivity contribution in [1.29, 1.82) is 0 Å². The Bertz CT molecular complexity index is 880. The van der Waals surface area contributed by atoms with Gasteiger partial charge in [-0.25, -0.2) is 19.2 Å². The maximum Gasteiger partial charge on any atom is 0.335 e. The first-order valence-corrected chi connectivity index (χ1v) is 8.61. The van der Waals surface area contributed by atoms with Crippen LogP contribution in [0.1, 0.15) is 43.0 Å². The van der Waals surface area contributed by atoms with Gasteiger partial charge in [-0.1, -0.05) is 24.3 Å². The van der Waals surface area contributed by atoms with Gasteiger partial charge in [0.15, 0.2) is 0 Å². The predicted octanol–water partition coefficient (Wildman–Crippen LogP) is 3.72. The lowest BCUT2D eigenvalue weighted by Gasteiger charge is -2.02. The zero-order chi connectivity index (χ0) is 23.4. The Morgan fingerprint density at radius 2 is 0.900 bits per heavy atom. The largest absolute Gasteiger partial charge is 0.478 e. The Morgan fingerprint density at radius 3 is 1.10 bits per heavy atom. The zero-order valence-electron chi connectivity index (χ0n) is 17.0. The van der Waals surface area contributed by atoms with Crippen molar-refractivity contribution < 1.29 is 39.6 Å². The van der Waals surface area contributed by atoms with Crippen molar-refractivity contribution in [2.75, 3.05) is 0 Å². The number of aromatic carboxylic acids is 2. The summed E-state index contributed by atoms with van der Waals surface area (Å²) in [6.45, 7) is 7.45. The molecule has 0 amide bonds. The van der Waals surface area contributed by atoms with Gasteiger partial charge in [0.1, 0.15) is 0 Å². The number of hydrogen-bond donors (Lipinski definition) is 4. The molecule has 2 aromatic carbocycles. The fourth-order valence-electron chi connectivity index (χ4n) is 2.11. The van der Waals surface area contributed by atoms with Crippen LogP contribution in [0.3, 0.4) is 0 Å². The second-order valence-electron chi connectivity index (χ2n) is 6.12. The molecule has 0 radical (unpaired) electrons. The van der Waals surface area contributed by atoms with Crippen LogP contribution >= 0.6 is 0 Å². The molecule has 0 unspecified atom stereocenters. The van der Waals surface area contributed by atoms with Crippen LogP contribution in [0.15, 0.2) is 48.6 Å². The van der Waals surface area contributed by atoms with E-state index in [-0.39, 0.29) is 0 Å². The van der Waals surface area contributed by atoms with Crippen molar-refractivity contribution in [3.63, 3.8) is 0 Å². The highest BCUT2D eigenvalue weighted by atomic mass is 16.4. The molecule has 0 heterocycles. The molecule has 0 spiro atoms. The van der Waals surface area contributed by atoms with E-state index in [4.69, 9.17) is 20.4 Å². The van der Waals surface area contributed by atoms with Gasteiger partial charge in [-0.15, -0.1) is 0 Å². The van der Waals surface area contributed by atoms with E-state index in [0.29, 0.717) is 23.3 Å². The standard InChI is InChI=1S/2C9H10O2.C4H4O4/c2*1-6-4-3-5-8(7(6)2)9(10)11;5-3(6)1-2-4(7)8/h2*3-5H,1-2H3,(H,10,11);1-2H,(H,5,6)(H,7,8)/b;;2-1+. The minimum Gasteiger partial charge on any atom is -0.478 e. The Kier molecular flexibility index (Phi) is 10.9. The van der Waals surface area contributed by atoms with E-state index in [0.717, 1.165) is 22.3 Å². The van der Waals surface area contributed by atoms with Crippen LogP contribution in [0, 0.1) is 27.7 Å². The summed E-state index contributed by atoms with van der Waals surface area (Å²) < 4.78 is 0. The maximum absolute atomic E-state index is 10.6. The molecule has 0 saturated carbocycles. The van der Waals surface area contributed by atoms with Gasteiger partial charge >= 0.3 is 23.9 Å². The lowest BCUT2D eigenvalue weighted by Crippen LogP contribution is -2.00. The maximum atomic E-state index is 10.6. The summed E-state index contributed by atoms with van der Waals surface area (Å²) in [6.07, 6.45) is 1.12. The van der Waals surface area contributed by atoms with Gasteiger partial charge in [-0.05, 0) is 62.1 Å². The van der Waals surface area contributed by atoms with Crippen LogP contribution < -0.4 is 0 Å². The number of benzene rings is 2. The number of hydrogen-bond acceptors (Lipinski definition) is 4. The molecule has 4 N–H and O–H groups in total. The summed E-state index contributed by atoms with van der Waals surface area (Å²) in [5.74, 6) is -4.22. The van der Waals surface area contributed by atoms with Crippen LogP contribution in [0.2, 0.25) is 0 Å². The SMILES string of the molecule is Cc1cccc(C(=O)O)c1C.Cc1cccc(C(=O)O)c1C.O=C(O)/C=C/C(=O)O. The monoisotopic (exact) mass is 416 g/mol. The number of rotatable bonds is 4. The molecule has 0 saturated heterocycles. The Hall–Kier alpha value is -3.94. The number of carboxylic acid groups (broad SMARTS) is 4. The molecule has 0 aromatic heterocycles. The fraction of sp³-hybridized carbons (Fsp3) is 0.182. The first-order valence-electron chi connectivity index (χ1n) is 8.61. The van der Waals surface area contributed by atoms with Crippen molar-refractivity contribution in [1.82, 2.24) is 0 Å². The van der Waals surface area contributed by atoms with Crippen molar-refractivity contribution in [3.8, 4) is 0 Å². The van der Waals surface area contributed by atoms with Gasteiger partial charge < -0.3 is 20.4 Å². The third-order valence-corrected chi connectivity index (χ3v) is 4.04. The molecular formula is C22H24O8. The molecule has 0 aliphatic rings. The Morgan fingerprint density at radius 1 is 0.600 bits per heavy atom. The van der Waals surface area contributed by atoms with E-state index in [1.54, 1.807) is 24.3 Å². The Balaban J connectivity index is 0.000000428. The second-order valence-corrected chi connectivity index (χ2v) is 6.12. The summed E-state index contributed by atoms with van der Waals surface area (Å²) >= 11 is 0. The first kappa shape index (κ1) is 26.1. The van der Waals surface area contributed by atoms with Gasteiger partial charge in [0, 0.05) is 12.2 Å². The minimum absolute atomic E-state index is 0.394. The normalized spacial score (nSPS) is 9.60. The molecular weight excluding hydrogens is 392 g/mol. The van der Waals surface area contributed by atoms with Crippen LogP contribution in [0.4, 0.5) is 0 Å². The summed E-state index contributed by atoms with van der Waals surface area (Å²) in [4.78, 5) is 40.3. The predicted molar refractivity (Wildman–Crippen MR) is 110 cm³/mol. The molecule has 0 aliphatic carbocycles. The lowest BCUT2D eigenvalue weighted by molar-refractivity contribution is -0.134. The molecule has 2 aromatic rings. The molecule has 0 bridgehead atoms. The lowest BCUT2D eigenvalue weighted by atomic mass is 10.0. The highest BCUT2D eigenvalue weighted by molar-refractivity contribution is 5.90. The average molecular weight is 416 g/mol. The molecule has 30 heavy (non-hydrogen) atoms. The molecule has 8 heteroatoms. The summed E-state index contributed by atoms with van der Waals surface area (Å²) in [5, 5.41) is 33.0. The van der Waals surface area contributed by atoms with Crippen molar-refractivity contribution >= 4 is 23.9 Å². The zero-order valence-corrected chi connectivity index (χ0v) is 17.0. The van der Waals surface area contributed by atoms with Crippen molar-refractivity contribution in [3.05, 3.63) is 81.9 Å². The third kappa shape index (κ3) is 9.32. The molecule has 0 atom stereocenters. The average Bonchev–Trinajstić information content (AvgIpc) is 2.65. The Labute approximate surface area is 173 Å². The molecule has 2 rings (SSSR count). The highest BCUT2D eigenvalue weighted by Gasteiger charge is 2.07. The molecule has 0 aliphatic heterocycles. The molecule has 0 fully saturated rings. The van der Waals surface area contributed by atoms with Gasteiger partial charge in [0.05, 0.1) is 11.1 Å². The van der Waals surface area contributed by atoms with Gasteiger partial charge in [0.2, 0.25) is 0 Å². The van der Waals surface area contributed by atoms with Gasteiger partial charge in [0.25, 0.3) is 0 Å². The first-order chi connectivity index (χ1) is 13.9. The van der Waals surface area contributed by atoms with E-state index < -0.39 is 23.9 Å². The number of carboxylic acids is 4. The van der Waals surface area contributed by atoms with Crippen LogP contribution in [0.5, 0.6) is 0 Å². The van der Waals surface area contributed by atoms with Crippen LogP contribution in [-0.4, -0.2) is 44.3 Å². The topological polar surface area (TPSA) is 149 Å². The van der Waals surface area contributed by atoms with Gasteiger partial charge in [-0.2, -0.15) is 0 Å². The van der Waals surface area contributed by atoms with Crippen molar-refractivity contribution in [2.45, 2.75) is 27.7 Å². The summed E-state index contributed by atoms with van der Waals surface area (Å²) in [5.41, 5.74) is 4.52. The minimum atomic E-state index is -1.26. The fourth-order valence-corrected chi connectivity index (χ4v) is 2.11. The van der Waals surface area contributed by atoms with E-state index in [1.807, 2.05) is 39.8 Å². The quantitative estimate of drug-likeness (QED) is 0.551. The highest BCUT2D eigenvalue weighted by Crippen LogP contribution is 2.12. The number of aliphatic carboxylic acids is 2. The van der Waals surface area contributed by atoms with Gasteiger partial charge in [-0.3, -0.25) is 0 Å². The smallest absolute Gasteiger partial charge is 0.335 e. The second kappa shape index (κ2) is 12.5.